The zero-order valence-corrected chi connectivity index (χ0v) is 19.1. The van der Waals surface area contributed by atoms with Crippen LogP contribution in [-0.4, -0.2) is 57.3 Å². The molecule has 0 radical (unpaired) electrons. The number of imidazole rings is 1. The summed E-state index contributed by atoms with van der Waals surface area (Å²) in [7, 11) is 1.63. The summed E-state index contributed by atoms with van der Waals surface area (Å²) < 4.78 is 13.4. The Hall–Kier alpha value is -2.09. The first-order chi connectivity index (χ1) is 14.5. The third-order valence-electron chi connectivity index (χ3n) is 6.04. The summed E-state index contributed by atoms with van der Waals surface area (Å²) in [6, 6.07) is 0.839. The van der Waals surface area contributed by atoms with Crippen LogP contribution in [0.4, 0.5) is 5.82 Å². The van der Waals surface area contributed by atoms with Crippen molar-refractivity contribution >= 4 is 17.0 Å². The summed E-state index contributed by atoms with van der Waals surface area (Å²) >= 11 is 0. The number of nitrogen functional groups attached to an aromatic ring is 1. The number of rotatable bonds is 11. The molecule has 168 valence electrons. The second kappa shape index (κ2) is 10.8. The van der Waals surface area contributed by atoms with E-state index in [1.807, 2.05) is 11.5 Å². The van der Waals surface area contributed by atoms with Gasteiger partial charge in [-0.1, -0.05) is 26.7 Å². The molecule has 1 saturated heterocycles. The lowest BCUT2D eigenvalue weighted by molar-refractivity contribution is 0.173. The highest BCUT2D eigenvalue weighted by Crippen LogP contribution is 2.27. The van der Waals surface area contributed by atoms with Gasteiger partial charge < -0.3 is 20.1 Å². The number of fused-ring (bicyclic) bond motifs is 1. The van der Waals surface area contributed by atoms with Crippen molar-refractivity contribution in [2.75, 3.05) is 32.5 Å². The van der Waals surface area contributed by atoms with Gasteiger partial charge in [0.25, 0.3) is 6.01 Å². The fraction of sp³-hybridized carbons (Fsp3) is 0.773. The highest BCUT2D eigenvalue weighted by molar-refractivity contribution is 5.83. The Morgan fingerprint density at radius 3 is 2.77 bits per heavy atom. The fourth-order valence-corrected chi connectivity index (χ4v) is 4.41. The van der Waals surface area contributed by atoms with Gasteiger partial charge in [0.05, 0.1) is 13.2 Å². The van der Waals surface area contributed by atoms with Crippen LogP contribution in [0.15, 0.2) is 0 Å². The number of anilines is 1. The Bertz CT molecular complexity index is 809. The molecule has 0 saturated carbocycles. The number of ether oxygens (including phenoxy) is 2. The lowest BCUT2D eigenvalue weighted by Gasteiger charge is -2.31. The summed E-state index contributed by atoms with van der Waals surface area (Å²) in [5.74, 6) is 1.15. The van der Waals surface area contributed by atoms with Crippen LogP contribution >= 0.6 is 0 Å². The summed E-state index contributed by atoms with van der Waals surface area (Å²) in [4.78, 5) is 16.0. The first kappa shape index (κ1) is 22.6. The molecule has 8 nitrogen and oxygen atoms in total. The van der Waals surface area contributed by atoms with Crippen molar-refractivity contribution in [2.45, 2.75) is 78.4 Å². The molecule has 2 aromatic heterocycles. The number of unbranched alkanes of at least 4 members (excludes halogenated alkanes) is 1. The molecule has 2 N–H and O–H groups in total. The molecule has 0 bridgehead atoms. The molecule has 1 aliphatic rings. The standard InChI is InChI=1S/C22H38N6O2/c1-5-10-16(3)30-21-25-19(23)18-20(26-21)28(22(24-18)29-4)14-8-7-11-17-12-9-13-27(6-2)15-17/h16-17H,5-15H2,1-4H3,(H2,23,25,26). The van der Waals surface area contributed by atoms with Gasteiger partial charge >= 0.3 is 6.01 Å². The quantitative estimate of drug-likeness (QED) is 0.554. The summed E-state index contributed by atoms with van der Waals surface area (Å²) in [5.41, 5.74) is 7.42. The molecule has 2 aromatic rings. The maximum absolute atomic E-state index is 6.15. The number of hydrogen-bond donors (Lipinski definition) is 1. The maximum Gasteiger partial charge on any atom is 0.320 e. The predicted octanol–water partition coefficient (Wildman–Crippen LogP) is 3.89. The number of aryl methyl sites for hydroxylation is 1. The van der Waals surface area contributed by atoms with E-state index in [2.05, 4.69) is 33.7 Å². The van der Waals surface area contributed by atoms with Crippen molar-refractivity contribution < 1.29 is 9.47 Å². The second-order valence-corrected chi connectivity index (χ2v) is 8.43. The molecule has 0 aromatic carbocycles. The average Bonchev–Trinajstić information content (AvgIpc) is 3.09. The normalized spacial score (nSPS) is 18.6. The highest BCUT2D eigenvalue weighted by atomic mass is 16.5. The molecule has 2 atom stereocenters. The van der Waals surface area contributed by atoms with Gasteiger partial charge in [0.2, 0.25) is 0 Å². The van der Waals surface area contributed by atoms with Crippen molar-refractivity contribution in [3.8, 4) is 12.0 Å². The average molecular weight is 419 g/mol. The molecule has 8 heteroatoms. The number of nitrogens with zero attached hydrogens (tertiary/aromatic N) is 5. The fourth-order valence-electron chi connectivity index (χ4n) is 4.41. The molecule has 0 aliphatic carbocycles. The molecule has 0 amide bonds. The molecule has 0 spiro atoms. The van der Waals surface area contributed by atoms with Gasteiger partial charge in [-0.25, -0.2) is 0 Å². The van der Waals surface area contributed by atoms with E-state index < -0.39 is 0 Å². The van der Waals surface area contributed by atoms with Gasteiger partial charge in [0.1, 0.15) is 0 Å². The molecule has 3 heterocycles. The zero-order valence-electron chi connectivity index (χ0n) is 19.1. The number of piperidine rings is 1. The number of likely N-dealkylation sites (tertiary alicyclic amines) is 1. The van der Waals surface area contributed by atoms with Crippen LogP contribution in [0.1, 0.15) is 65.7 Å². The van der Waals surface area contributed by atoms with E-state index >= 15 is 0 Å². The highest BCUT2D eigenvalue weighted by Gasteiger charge is 2.20. The topological polar surface area (TPSA) is 91.3 Å². The number of aromatic nitrogens is 4. The third-order valence-corrected chi connectivity index (χ3v) is 6.04. The van der Waals surface area contributed by atoms with E-state index in [0.717, 1.165) is 38.3 Å². The number of hydrogen-bond acceptors (Lipinski definition) is 7. The second-order valence-electron chi connectivity index (χ2n) is 8.43. The SMILES string of the molecule is CCCC(C)Oc1nc(N)c2nc(OC)n(CCCCC3CCCN(CC)C3)c2n1. The van der Waals surface area contributed by atoms with Crippen LogP contribution in [0, 0.1) is 5.92 Å². The molecule has 30 heavy (non-hydrogen) atoms. The Kier molecular flexibility index (Phi) is 8.13. The Labute approximate surface area is 180 Å². The van der Waals surface area contributed by atoms with Crippen LogP contribution in [0.2, 0.25) is 0 Å². The van der Waals surface area contributed by atoms with Crippen LogP contribution in [0.5, 0.6) is 12.0 Å². The Balaban J connectivity index is 1.66. The van der Waals surface area contributed by atoms with Crippen molar-refractivity contribution in [3.63, 3.8) is 0 Å². The maximum atomic E-state index is 6.15. The number of nitrogens with two attached hydrogens (primary N) is 1. The predicted molar refractivity (Wildman–Crippen MR) is 120 cm³/mol. The van der Waals surface area contributed by atoms with Crippen molar-refractivity contribution in [1.29, 1.82) is 0 Å². The third kappa shape index (κ3) is 5.53. The van der Waals surface area contributed by atoms with Crippen molar-refractivity contribution in [3.05, 3.63) is 0 Å². The minimum atomic E-state index is 0.0447. The monoisotopic (exact) mass is 418 g/mol. The van der Waals surface area contributed by atoms with Gasteiger partial charge in [-0.05, 0) is 58.0 Å². The molecule has 1 aliphatic heterocycles. The molecule has 2 unspecified atom stereocenters. The van der Waals surface area contributed by atoms with Crippen molar-refractivity contribution in [2.24, 2.45) is 5.92 Å². The largest absolute Gasteiger partial charge is 0.468 e. The van der Waals surface area contributed by atoms with E-state index in [-0.39, 0.29) is 6.10 Å². The van der Waals surface area contributed by atoms with Crippen LogP contribution in [-0.2, 0) is 6.54 Å². The van der Waals surface area contributed by atoms with Gasteiger partial charge in [-0.15, -0.1) is 0 Å². The lowest BCUT2D eigenvalue weighted by Crippen LogP contribution is -2.35. The zero-order chi connectivity index (χ0) is 21.5. The van der Waals surface area contributed by atoms with E-state index in [0.29, 0.717) is 29.0 Å². The number of methoxy groups -OCH3 is 1. The van der Waals surface area contributed by atoms with Gasteiger partial charge in [0, 0.05) is 13.1 Å². The Morgan fingerprint density at radius 1 is 1.20 bits per heavy atom. The van der Waals surface area contributed by atoms with Gasteiger partial charge in [-0.3, -0.25) is 4.57 Å². The van der Waals surface area contributed by atoms with Crippen molar-refractivity contribution in [1.82, 2.24) is 24.4 Å². The smallest absolute Gasteiger partial charge is 0.320 e. The van der Waals surface area contributed by atoms with Crippen LogP contribution in [0.25, 0.3) is 11.2 Å². The van der Waals surface area contributed by atoms with Crippen LogP contribution < -0.4 is 15.2 Å². The minimum Gasteiger partial charge on any atom is -0.468 e. The van der Waals surface area contributed by atoms with E-state index in [1.54, 1.807) is 7.11 Å². The van der Waals surface area contributed by atoms with E-state index in [9.17, 15) is 0 Å². The summed E-state index contributed by atoms with van der Waals surface area (Å²) in [6.45, 7) is 10.9. The Morgan fingerprint density at radius 2 is 2.03 bits per heavy atom. The van der Waals surface area contributed by atoms with E-state index in [4.69, 9.17) is 15.2 Å². The lowest BCUT2D eigenvalue weighted by atomic mass is 9.93. The molecule has 1 fully saturated rings. The minimum absolute atomic E-state index is 0.0447. The van der Waals surface area contributed by atoms with Crippen LogP contribution in [0.3, 0.4) is 0 Å². The first-order valence-corrected chi connectivity index (χ1v) is 11.5. The van der Waals surface area contributed by atoms with E-state index in [1.165, 1.54) is 38.8 Å². The molecular formula is C22H38N6O2. The summed E-state index contributed by atoms with van der Waals surface area (Å²) in [6.07, 6.45) is 8.22. The van der Waals surface area contributed by atoms with Gasteiger partial charge in [-0.2, -0.15) is 15.0 Å². The van der Waals surface area contributed by atoms with Gasteiger partial charge in [0.15, 0.2) is 17.0 Å². The molecular weight excluding hydrogens is 380 g/mol. The molecule has 3 rings (SSSR count). The first-order valence-electron chi connectivity index (χ1n) is 11.5. The summed E-state index contributed by atoms with van der Waals surface area (Å²) in [5, 5.41) is 0.